The lowest BCUT2D eigenvalue weighted by atomic mass is 10.0. The minimum atomic E-state index is 0.419. The molecule has 0 N–H and O–H groups in total. The summed E-state index contributed by atoms with van der Waals surface area (Å²) in [6.07, 6.45) is 8.08. The summed E-state index contributed by atoms with van der Waals surface area (Å²) in [5, 5.41) is 0. The molecule has 1 aliphatic rings. The SMILES string of the molecule is COc1ccc2nc(CCl)n(CCCC3CCCC3)c2n1. The Morgan fingerprint density at radius 3 is 2.81 bits per heavy atom. The summed E-state index contributed by atoms with van der Waals surface area (Å²) in [6, 6.07) is 3.79. The van der Waals surface area contributed by atoms with E-state index in [0.717, 1.165) is 29.5 Å². The largest absolute Gasteiger partial charge is 0.481 e. The normalized spacial score (nSPS) is 15.9. The van der Waals surface area contributed by atoms with Crippen molar-refractivity contribution in [3.8, 4) is 5.88 Å². The van der Waals surface area contributed by atoms with Gasteiger partial charge in [-0.1, -0.05) is 25.7 Å². The van der Waals surface area contributed by atoms with Crippen LogP contribution >= 0.6 is 11.6 Å². The third-order valence-corrected chi connectivity index (χ3v) is 4.68. The van der Waals surface area contributed by atoms with Crippen LogP contribution in [0.1, 0.15) is 44.3 Å². The number of hydrogen-bond acceptors (Lipinski definition) is 3. The molecule has 0 aliphatic heterocycles. The number of methoxy groups -OCH3 is 1. The molecule has 21 heavy (non-hydrogen) atoms. The summed E-state index contributed by atoms with van der Waals surface area (Å²) < 4.78 is 7.37. The van der Waals surface area contributed by atoms with Crippen molar-refractivity contribution >= 4 is 22.8 Å². The minimum absolute atomic E-state index is 0.419. The summed E-state index contributed by atoms with van der Waals surface area (Å²) in [4.78, 5) is 9.10. The number of fused-ring (bicyclic) bond motifs is 1. The highest BCUT2D eigenvalue weighted by atomic mass is 35.5. The fourth-order valence-electron chi connectivity index (χ4n) is 3.32. The molecule has 1 saturated carbocycles. The zero-order valence-electron chi connectivity index (χ0n) is 12.5. The van der Waals surface area contributed by atoms with Crippen molar-refractivity contribution in [3.05, 3.63) is 18.0 Å². The predicted octanol–water partition coefficient (Wildman–Crippen LogP) is 4.15. The number of hydrogen-bond donors (Lipinski definition) is 0. The molecule has 3 rings (SSSR count). The Labute approximate surface area is 130 Å². The van der Waals surface area contributed by atoms with Crippen LogP contribution < -0.4 is 4.74 Å². The molecule has 0 bridgehead atoms. The third kappa shape index (κ3) is 3.15. The van der Waals surface area contributed by atoms with Gasteiger partial charge in [0.1, 0.15) is 11.3 Å². The van der Waals surface area contributed by atoms with E-state index in [-0.39, 0.29) is 0 Å². The van der Waals surface area contributed by atoms with Crippen molar-refractivity contribution in [3.63, 3.8) is 0 Å². The zero-order chi connectivity index (χ0) is 14.7. The highest BCUT2D eigenvalue weighted by molar-refractivity contribution is 6.16. The molecule has 0 aromatic carbocycles. The first kappa shape index (κ1) is 14.6. The molecular formula is C16H22ClN3O. The van der Waals surface area contributed by atoms with Gasteiger partial charge in [-0.15, -0.1) is 11.6 Å². The number of halogens is 1. The highest BCUT2D eigenvalue weighted by Gasteiger charge is 2.16. The first-order chi connectivity index (χ1) is 10.3. The number of nitrogens with zero attached hydrogens (tertiary/aromatic N) is 3. The molecule has 5 heteroatoms. The van der Waals surface area contributed by atoms with Crippen LogP contribution in [0.5, 0.6) is 5.88 Å². The van der Waals surface area contributed by atoms with Gasteiger partial charge in [0.05, 0.1) is 13.0 Å². The average molecular weight is 308 g/mol. The maximum atomic E-state index is 6.04. The molecular weight excluding hydrogens is 286 g/mol. The van der Waals surface area contributed by atoms with E-state index in [1.807, 2.05) is 12.1 Å². The number of aromatic nitrogens is 3. The van der Waals surface area contributed by atoms with Crippen molar-refractivity contribution in [1.82, 2.24) is 14.5 Å². The summed E-state index contributed by atoms with van der Waals surface area (Å²) in [6.45, 7) is 0.940. The lowest BCUT2D eigenvalue weighted by Gasteiger charge is -2.11. The van der Waals surface area contributed by atoms with Gasteiger partial charge in [0.2, 0.25) is 5.88 Å². The summed E-state index contributed by atoms with van der Waals surface area (Å²) >= 11 is 6.04. The van der Waals surface area contributed by atoms with Crippen LogP contribution in [0.4, 0.5) is 0 Å². The minimum Gasteiger partial charge on any atom is -0.481 e. The van der Waals surface area contributed by atoms with Gasteiger partial charge in [0, 0.05) is 12.6 Å². The van der Waals surface area contributed by atoms with E-state index >= 15 is 0 Å². The Morgan fingerprint density at radius 1 is 1.29 bits per heavy atom. The van der Waals surface area contributed by atoms with Crippen LogP contribution in [-0.2, 0) is 12.4 Å². The van der Waals surface area contributed by atoms with Crippen LogP contribution in [0.15, 0.2) is 12.1 Å². The Morgan fingerprint density at radius 2 is 2.10 bits per heavy atom. The maximum Gasteiger partial charge on any atom is 0.215 e. The fraction of sp³-hybridized carbons (Fsp3) is 0.625. The monoisotopic (exact) mass is 307 g/mol. The molecule has 0 unspecified atom stereocenters. The Hall–Kier alpha value is -1.29. The second-order valence-electron chi connectivity index (χ2n) is 5.80. The van der Waals surface area contributed by atoms with E-state index in [4.69, 9.17) is 16.3 Å². The summed E-state index contributed by atoms with van der Waals surface area (Å²) in [5.74, 6) is 2.86. The molecule has 0 radical (unpaired) electrons. The predicted molar refractivity (Wildman–Crippen MR) is 84.8 cm³/mol. The van der Waals surface area contributed by atoms with Gasteiger partial charge in [-0.05, 0) is 24.8 Å². The average Bonchev–Trinajstić information content (AvgIpc) is 3.14. The number of ether oxygens (including phenoxy) is 1. The van der Waals surface area contributed by atoms with Crippen molar-refractivity contribution in [2.24, 2.45) is 5.92 Å². The molecule has 0 saturated heterocycles. The van der Waals surface area contributed by atoms with Crippen molar-refractivity contribution in [1.29, 1.82) is 0 Å². The van der Waals surface area contributed by atoms with Gasteiger partial charge in [0.15, 0.2) is 5.65 Å². The van der Waals surface area contributed by atoms with Crippen molar-refractivity contribution in [2.45, 2.75) is 50.9 Å². The van der Waals surface area contributed by atoms with E-state index in [9.17, 15) is 0 Å². The van der Waals surface area contributed by atoms with Gasteiger partial charge in [-0.2, -0.15) is 4.98 Å². The number of rotatable bonds is 6. The summed E-state index contributed by atoms with van der Waals surface area (Å²) in [5.41, 5.74) is 1.78. The van der Waals surface area contributed by atoms with Gasteiger partial charge in [0.25, 0.3) is 0 Å². The van der Waals surface area contributed by atoms with Gasteiger partial charge in [-0.3, -0.25) is 0 Å². The van der Waals surface area contributed by atoms with Gasteiger partial charge in [-0.25, -0.2) is 4.98 Å². The van der Waals surface area contributed by atoms with Crippen LogP contribution in [0.25, 0.3) is 11.2 Å². The quantitative estimate of drug-likeness (QED) is 0.753. The summed E-state index contributed by atoms with van der Waals surface area (Å²) in [7, 11) is 1.64. The van der Waals surface area contributed by atoms with Gasteiger partial charge >= 0.3 is 0 Å². The maximum absolute atomic E-state index is 6.04. The lowest BCUT2D eigenvalue weighted by Crippen LogP contribution is -2.05. The first-order valence-electron chi connectivity index (χ1n) is 7.78. The zero-order valence-corrected chi connectivity index (χ0v) is 13.3. The van der Waals surface area contributed by atoms with Crippen molar-refractivity contribution in [2.75, 3.05) is 7.11 Å². The van der Waals surface area contributed by atoms with E-state index in [0.29, 0.717) is 11.8 Å². The van der Waals surface area contributed by atoms with Crippen LogP contribution in [0, 0.1) is 5.92 Å². The molecule has 0 spiro atoms. The molecule has 1 fully saturated rings. The van der Waals surface area contributed by atoms with Crippen LogP contribution in [0.2, 0.25) is 0 Å². The molecule has 2 aromatic heterocycles. The Balaban J connectivity index is 1.77. The lowest BCUT2D eigenvalue weighted by molar-refractivity contribution is 0.398. The highest BCUT2D eigenvalue weighted by Crippen LogP contribution is 2.29. The molecule has 4 nitrogen and oxygen atoms in total. The fourth-order valence-corrected chi connectivity index (χ4v) is 3.52. The smallest absolute Gasteiger partial charge is 0.215 e. The number of alkyl halides is 1. The van der Waals surface area contributed by atoms with Crippen LogP contribution in [-0.4, -0.2) is 21.6 Å². The second kappa shape index (κ2) is 6.65. The number of pyridine rings is 1. The molecule has 1 aliphatic carbocycles. The van der Waals surface area contributed by atoms with E-state index in [1.54, 1.807) is 7.11 Å². The standard InChI is InChI=1S/C16H22ClN3O/c1-21-15-9-8-13-16(19-15)20(14(11-17)18-13)10-4-7-12-5-2-3-6-12/h8-9,12H,2-7,10-11H2,1H3. The van der Waals surface area contributed by atoms with E-state index in [1.165, 1.54) is 38.5 Å². The van der Waals surface area contributed by atoms with Crippen LogP contribution in [0.3, 0.4) is 0 Å². The van der Waals surface area contributed by atoms with E-state index < -0.39 is 0 Å². The second-order valence-corrected chi connectivity index (χ2v) is 6.07. The number of aryl methyl sites for hydroxylation is 1. The Kier molecular flexibility index (Phi) is 4.63. The third-order valence-electron chi connectivity index (χ3n) is 4.44. The Bertz CT molecular complexity index is 605. The molecule has 0 atom stereocenters. The van der Waals surface area contributed by atoms with Crippen molar-refractivity contribution < 1.29 is 4.74 Å². The number of imidazole rings is 1. The van der Waals surface area contributed by atoms with E-state index in [2.05, 4.69) is 14.5 Å². The molecule has 114 valence electrons. The molecule has 2 heterocycles. The topological polar surface area (TPSA) is 39.9 Å². The molecule has 0 amide bonds. The van der Waals surface area contributed by atoms with Gasteiger partial charge < -0.3 is 9.30 Å². The first-order valence-corrected chi connectivity index (χ1v) is 8.31. The molecule has 2 aromatic rings.